The van der Waals surface area contributed by atoms with Crippen molar-refractivity contribution in [1.29, 1.82) is 0 Å². The second-order valence-electron chi connectivity index (χ2n) is 5.12. The fraction of sp³-hybridized carbons (Fsp3) is 0.600. The SMILES string of the molecule is CCC(N)C(c1ccc(Br)cc1)N(C)CC(O)COC. The maximum absolute atomic E-state index is 9.90. The zero-order valence-corrected chi connectivity index (χ0v) is 14.0. The molecule has 0 saturated carbocycles. The number of nitrogens with zero attached hydrogens (tertiary/aromatic N) is 1. The highest BCUT2D eigenvalue weighted by Gasteiger charge is 2.24. The topological polar surface area (TPSA) is 58.7 Å². The summed E-state index contributed by atoms with van der Waals surface area (Å²) >= 11 is 3.45. The highest BCUT2D eigenvalue weighted by molar-refractivity contribution is 9.10. The first-order valence-corrected chi connectivity index (χ1v) is 7.67. The number of ether oxygens (including phenoxy) is 1. The number of methoxy groups -OCH3 is 1. The van der Waals surface area contributed by atoms with E-state index < -0.39 is 6.10 Å². The van der Waals surface area contributed by atoms with E-state index in [0.29, 0.717) is 13.2 Å². The minimum Gasteiger partial charge on any atom is -0.389 e. The Morgan fingerprint density at radius 1 is 1.35 bits per heavy atom. The molecule has 0 aromatic heterocycles. The molecule has 3 N–H and O–H groups in total. The highest BCUT2D eigenvalue weighted by atomic mass is 79.9. The third kappa shape index (κ3) is 5.14. The van der Waals surface area contributed by atoms with Crippen molar-refractivity contribution >= 4 is 15.9 Å². The second-order valence-corrected chi connectivity index (χ2v) is 6.03. The van der Waals surface area contributed by atoms with Crippen molar-refractivity contribution in [1.82, 2.24) is 4.90 Å². The van der Waals surface area contributed by atoms with Crippen LogP contribution in [0.5, 0.6) is 0 Å². The van der Waals surface area contributed by atoms with E-state index >= 15 is 0 Å². The average Bonchev–Trinajstić information content (AvgIpc) is 2.41. The molecule has 0 aliphatic rings. The molecule has 0 saturated heterocycles. The van der Waals surface area contributed by atoms with Gasteiger partial charge in [0.25, 0.3) is 0 Å². The van der Waals surface area contributed by atoms with Crippen LogP contribution in [0.4, 0.5) is 0 Å². The summed E-state index contributed by atoms with van der Waals surface area (Å²) in [6, 6.07) is 8.29. The van der Waals surface area contributed by atoms with E-state index in [2.05, 4.69) is 39.9 Å². The number of hydrogen-bond acceptors (Lipinski definition) is 4. The van der Waals surface area contributed by atoms with Gasteiger partial charge < -0.3 is 15.6 Å². The summed E-state index contributed by atoms with van der Waals surface area (Å²) in [5.41, 5.74) is 7.43. The zero-order valence-electron chi connectivity index (χ0n) is 12.4. The standard InChI is InChI=1S/C15H25BrN2O2/c1-4-14(17)15(11-5-7-12(16)8-6-11)18(2)9-13(19)10-20-3/h5-8,13-15,19H,4,9-10,17H2,1-3H3. The first-order chi connectivity index (χ1) is 9.49. The quantitative estimate of drug-likeness (QED) is 0.758. The Kier molecular flexibility index (Phi) is 7.69. The smallest absolute Gasteiger partial charge is 0.0900 e. The van der Waals surface area contributed by atoms with E-state index in [4.69, 9.17) is 10.5 Å². The Hall–Kier alpha value is -0.460. The highest BCUT2D eigenvalue weighted by Crippen LogP contribution is 2.25. The lowest BCUT2D eigenvalue weighted by Gasteiger charge is -2.34. The molecular weight excluding hydrogens is 320 g/mol. The van der Waals surface area contributed by atoms with Gasteiger partial charge >= 0.3 is 0 Å². The summed E-state index contributed by atoms with van der Waals surface area (Å²) < 4.78 is 6.03. The predicted molar refractivity (Wildman–Crippen MR) is 85.7 cm³/mol. The molecule has 4 nitrogen and oxygen atoms in total. The van der Waals surface area contributed by atoms with Gasteiger partial charge in [0.05, 0.1) is 12.7 Å². The molecule has 3 unspecified atom stereocenters. The molecule has 0 amide bonds. The number of hydrogen-bond donors (Lipinski definition) is 2. The number of rotatable bonds is 8. The van der Waals surface area contributed by atoms with E-state index in [1.165, 1.54) is 0 Å². The summed E-state index contributed by atoms with van der Waals surface area (Å²) in [5.74, 6) is 0. The zero-order chi connectivity index (χ0) is 15.1. The van der Waals surface area contributed by atoms with Crippen LogP contribution in [0.3, 0.4) is 0 Å². The first-order valence-electron chi connectivity index (χ1n) is 6.87. The number of benzene rings is 1. The molecule has 0 heterocycles. The van der Waals surface area contributed by atoms with Crippen LogP contribution < -0.4 is 5.73 Å². The number of nitrogens with two attached hydrogens (primary N) is 1. The van der Waals surface area contributed by atoms with Gasteiger partial charge in [-0.2, -0.15) is 0 Å². The molecular formula is C15H25BrN2O2. The van der Waals surface area contributed by atoms with Crippen LogP contribution >= 0.6 is 15.9 Å². The number of aliphatic hydroxyl groups excluding tert-OH is 1. The Morgan fingerprint density at radius 3 is 2.45 bits per heavy atom. The molecule has 1 aromatic rings. The number of aliphatic hydroxyl groups is 1. The van der Waals surface area contributed by atoms with Gasteiger partial charge in [0.1, 0.15) is 0 Å². The van der Waals surface area contributed by atoms with Gasteiger partial charge in [-0.1, -0.05) is 35.0 Å². The van der Waals surface area contributed by atoms with Gasteiger partial charge in [-0.15, -0.1) is 0 Å². The van der Waals surface area contributed by atoms with Crippen LogP contribution in [0.15, 0.2) is 28.7 Å². The Bertz CT molecular complexity index is 386. The van der Waals surface area contributed by atoms with Crippen LogP contribution in [0.1, 0.15) is 24.9 Å². The van der Waals surface area contributed by atoms with E-state index in [1.54, 1.807) is 7.11 Å². The minimum absolute atomic E-state index is 0.0240. The third-order valence-electron chi connectivity index (χ3n) is 3.42. The predicted octanol–water partition coefficient (Wildman–Crippen LogP) is 2.17. The van der Waals surface area contributed by atoms with Crippen LogP contribution in [-0.2, 0) is 4.74 Å². The van der Waals surface area contributed by atoms with Crippen molar-refractivity contribution in [2.75, 3.05) is 27.3 Å². The molecule has 1 aromatic carbocycles. The lowest BCUT2D eigenvalue weighted by Crippen LogP contribution is -2.42. The third-order valence-corrected chi connectivity index (χ3v) is 3.95. The molecule has 0 bridgehead atoms. The second kappa shape index (κ2) is 8.74. The van der Waals surface area contributed by atoms with Gasteiger partial charge in [-0.05, 0) is 31.2 Å². The van der Waals surface area contributed by atoms with E-state index in [1.807, 2.05) is 19.2 Å². The van der Waals surface area contributed by atoms with E-state index in [-0.39, 0.29) is 12.1 Å². The maximum Gasteiger partial charge on any atom is 0.0900 e. The van der Waals surface area contributed by atoms with Crippen LogP contribution in [0.2, 0.25) is 0 Å². The normalized spacial score (nSPS) is 16.1. The maximum atomic E-state index is 9.90. The van der Waals surface area contributed by atoms with Crippen molar-refractivity contribution in [3.8, 4) is 0 Å². The van der Waals surface area contributed by atoms with Gasteiger partial charge in [0.15, 0.2) is 0 Å². The van der Waals surface area contributed by atoms with Gasteiger partial charge in [-0.25, -0.2) is 0 Å². The first kappa shape index (κ1) is 17.6. The summed E-state index contributed by atoms with van der Waals surface area (Å²) in [6.07, 6.45) is 0.373. The van der Waals surface area contributed by atoms with Gasteiger partial charge in [0.2, 0.25) is 0 Å². The van der Waals surface area contributed by atoms with Crippen molar-refractivity contribution in [3.63, 3.8) is 0 Å². The van der Waals surface area contributed by atoms with Crippen molar-refractivity contribution in [3.05, 3.63) is 34.3 Å². The van der Waals surface area contributed by atoms with Gasteiger partial charge in [0, 0.05) is 30.2 Å². The molecule has 20 heavy (non-hydrogen) atoms. The fourth-order valence-corrected chi connectivity index (χ4v) is 2.67. The monoisotopic (exact) mass is 344 g/mol. The van der Waals surface area contributed by atoms with Crippen molar-refractivity contribution < 1.29 is 9.84 Å². The summed E-state index contributed by atoms with van der Waals surface area (Å²) in [5, 5.41) is 9.90. The molecule has 5 heteroatoms. The van der Waals surface area contributed by atoms with Crippen molar-refractivity contribution in [2.24, 2.45) is 5.73 Å². The van der Waals surface area contributed by atoms with E-state index in [9.17, 15) is 5.11 Å². The average molecular weight is 345 g/mol. The Labute approximate surface area is 130 Å². The molecule has 0 fully saturated rings. The number of likely N-dealkylation sites (N-methyl/N-ethyl adjacent to an activating group) is 1. The number of halogens is 1. The largest absolute Gasteiger partial charge is 0.389 e. The molecule has 114 valence electrons. The summed E-state index contributed by atoms with van der Waals surface area (Å²) in [4.78, 5) is 2.10. The molecule has 1 rings (SSSR count). The molecule has 0 aliphatic carbocycles. The Balaban J connectivity index is 2.86. The lowest BCUT2D eigenvalue weighted by atomic mass is 9.96. The minimum atomic E-state index is -0.507. The fourth-order valence-electron chi connectivity index (χ4n) is 2.40. The van der Waals surface area contributed by atoms with Crippen LogP contribution in [-0.4, -0.2) is 49.5 Å². The van der Waals surface area contributed by atoms with E-state index in [0.717, 1.165) is 16.5 Å². The summed E-state index contributed by atoms with van der Waals surface area (Å²) in [6.45, 7) is 2.94. The van der Waals surface area contributed by atoms with Crippen LogP contribution in [0, 0.1) is 0 Å². The molecule has 3 atom stereocenters. The molecule has 0 aliphatic heterocycles. The summed E-state index contributed by atoms with van der Waals surface area (Å²) in [7, 11) is 3.58. The van der Waals surface area contributed by atoms with Crippen molar-refractivity contribution in [2.45, 2.75) is 31.5 Å². The Morgan fingerprint density at radius 2 is 1.95 bits per heavy atom. The van der Waals surface area contributed by atoms with Gasteiger partial charge in [-0.3, -0.25) is 4.90 Å². The molecule has 0 radical (unpaired) electrons. The molecule has 0 spiro atoms. The lowest BCUT2D eigenvalue weighted by molar-refractivity contribution is 0.0309. The van der Waals surface area contributed by atoms with Crippen LogP contribution in [0.25, 0.3) is 0 Å².